The van der Waals surface area contributed by atoms with Crippen LogP contribution in [-0.2, 0) is 23.7 Å². The van der Waals surface area contributed by atoms with Crippen molar-refractivity contribution in [2.24, 2.45) is 5.92 Å². The van der Waals surface area contributed by atoms with E-state index in [1.165, 1.54) is 5.57 Å². The van der Waals surface area contributed by atoms with Gasteiger partial charge in [-0.3, -0.25) is 0 Å². The topological polar surface area (TPSA) is 63.2 Å². The molecule has 0 N–H and O–H groups in total. The molecule has 2 fully saturated rings. The minimum Gasteiger partial charge on any atom is -0.456 e. The van der Waals surface area contributed by atoms with Gasteiger partial charge in [0, 0.05) is 13.5 Å². The Morgan fingerprint density at radius 3 is 2.57 bits per heavy atom. The van der Waals surface area contributed by atoms with Gasteiger partial charge in [0.1, 0.15) is 12.2 Å². The number of esters is 1. The summed E-state index contributed by atoms with van der Waals surface area (Å²) in [6.45, 7) is 6.09. The summed E-state index contributed by atoms with van der Waals surface area (Å²) in [5, 5.41) is 0. The number of benzene rings is 1. The number of hydrogen-bond acceptors (Lipinski definition) is 6. The van der Waals surface area contributed by atoms with E-state index in [-0.39, 0.29) is 24.1 Å². The summed E-state index contributed by atoms with van der Waals surface area (Å²) in [4.78, 5) is 12.5. The number of rotatable bonds is 7. The largest absolute Gasteiger partial charge is 0.456 e. The van der Waals surface area contributed by atoms with Crippen LogP contribution in [0.25, 0.3) is 0 Å². The van der Waals surface area contributed by atoms with E-state index in [4.69, 9.17) is 23.7 Å². The second-order valence-electron chi connectivity index (χ2n) is 7.48. The van der Waals surface area contributed by atoms with Crippen molar-refractivity contribution in [1.29, 1.82) is 0 Å². The van der Waals surface area contributed by atoms with Gasteiger partial charge in [0.25, 0.3) is 0 Å². The van der Waals surface area contributed by atoms with E-state index in [0.717, 1.165) is 0 Å². The highest BCUT2D eigenvalue weighted by Crippen LogP contribution is 2.43. The zero-order valence-electron chi connectivity index (χ0n) is 16.9. The zero-order chi connectivity index (χ0) is 20.0. The van der Waals surface area contributed by atoms with Crippen LogP contribution in [-0.4, -0.2) is 57.5 Å². The Bertz CT molecular complexity index is 661. The highest BCUT2D eigenvalue weighted by molar-refractivity contribution is 5.89. The second kappa shape index (κ2) is 9.65. The van der Waals surface area contributed by atoms with Crippen molar-refractivity contribution in [3.63, 3.8) is 0 Å². The van der Waals surface area contributed by atoms with Crippen molar-refractivity contribution in [3.8, 4) is 0 Å². The molecule has 1 saturated carbocycles. The van der Waals surface area contributed by atoms with Crippen LogP contribution in [0.3, 0.4) is 0 Å². The van der Waals surface area contributed by atoms with E-state index < -0.39 is 5.79 Å². The van der Waals surface area contributed by atoms with Gasteiger partial charge in [0.05, 0.1) is 37.9 Å². The SMILES string of the molecule is CO[C@@H]1[C@H](OC(=O)c2ccccc2)CCC2(OCCO2)[C@H]1COCC=C(C)C. The monoisotopic (exact) mass is 390 g/mol. The van der Waals surface area contributed by atoms with Crippen LogP contribution in [0.2, 0.25) is 0 Å². The van der Waals surface area contributed by atoms with E-state index in [1.807, 2.05) is 38.1 Å². The quantitative estimate of drug-likeness (QED) is 0.404. The minimum absolute atomic E-state index is 0.187. The van der Waals surface area contributed by atoms with Crippen molar-refractivity contribution < 1.29 is 28.5 Å². The van der Waals surface area contributed by atoms with Crippen LogP contribution >= 0.6 is 0 Å². The molecule has 1 saturated heterocycles. The molecule has 1 aliphatic carbocycles. The molecule has 1 aromatic carbocycles. The van der Waals surface area contributed by atoms with Gasteiger partial charge >= 0.3 is 5.97 Å². The molecule has 28 heavy (non-hydrogen) atoms. The first-order valence-electron chi connectivity index (χ1n) is 9.83. The molecule has 6 heteroatoms. The maximum atomic E-state index is 12.5. The van der Waals surface area contributed by atoms with Crippen LogP contribution < -0.4 is 0 Å². The van der Waals surface area contributed by atoms with Gasteiger partial charge in [0.15, 0.2) is 5.79 Å². The molecule has 0 unspecified atom stereocenters. The molecule has 1 heterocycles. The van der Waals surface area contributed by atoms with Crippen molar-refractivity contribution in [2.75, 3.05) is 33.5 Å². The first-order valence-corrected chi connectivity index (χ1v) is 9.83. The lowest BCUT2D eigenvalue weighted by Crippen LogP contribution is -2.57. The first kappa shape index (κ1) is 21.0. The lowest BCUT2D eigenvalue weighted by Gasteiger charge is -2.46. The van der Waals surface area contributed by atoms with Gasteiger partial charge in [-0.05, 0) is 32.4 Å². The fraction of sp³-hybridized carbons (Fsp3) is 0.591. The number of hydrogen-bond donors (Lipinski definition) is 0. The van der Waals surface area contributed by atoms with Crippen LogP contribution in [0.1, 0.15) is 37.0 Å². The molecule has 1 aliphatic heterocycles. The molecule has 0 radical (unpaired) electrons. The number of methoxy groups -OCH3 is 1. The summed E-state index contributed by atoms with van der Waals surface area (Å²) in [6.07, 6.45) is 2.53. The third-order valence-electron chi connectivity index (χ3n) is 5.33. The number of carbonyl (C=O) groups excluding carboxylic acids is 1. The average molecular weight is 390 g/mol. The third kappa shape index (κ3) is 4.81. The Hall–Kier alpha value is -1.73. The van der Waals surface area contributed by atoms with E-state index >= 15 is 0 Å². The van der Waals surface area contributed by atoms with Gasteiger partial charge in [-0.1, -0.05) is 29.8 Å². The summed E-state index contributed by atoms with van der Waals surface area (Å²) in [6, 6.07) is 9.00. The number of carbonyl (C=O) groups is 1. The number of ether oxygens (including phenoxy) is 5. The Balaban J connectivity index is 1.72. The van der Waals surface area contributed by atoms with E-state index in [1.54, 1.807) is 19.2 Å². The second-order valence-corrected chi connectivity index (χ2v) is 7.48. The summed E-state index contributed by atoms with van der Waals surface area (Å²) >= 11 is 0. The predicted octanol–water partition coefficient (Wildman–Crippen LogP) is 3.36. The highest BCUT2D eigenvalue weighted by atomic mass is 16.7. The Morgan fingerprint density at radius 2 is 1.93 bits per heavy atom. The molecule has 6 nitrogen and oxygen atoms in total. The average Bonchev–Trinajstić information content (AvgIpc) is 3.17. The molecule has 0 aromatic heterocycles. The van der Waals surface area contributed by atoms with Crippen molar-refractivity contribution in [2.45, 2.75) is 44.7 Å². The van der Waals surface area contributed by atoms with Crippen LogP contribution in [0.15, 0.2) is 42.0 Å². The molecule has 0 bridgehead atoms. The van der Waals surface area contributed by atoms with Gasteiger partial charge in [-0.25, -0.2) is 4.79 Å². The molecule has 154 valence electrons. The van der Waals surface area contributed by atoms with Crippen molar-refractivity contribution in [3.05, 3.63) is 47.5 Å². The molecule has 1 spiro atoms. The molecule has 1 aromatic rings. The standard InChI is InChI=1S/C22H30O6/c1-16(2)10-12-25-15-18-20(24-3)19(9-11-22(18)26-13-14-27-22)28-21(23)17-7-5-4-6-8-17/h4-8,10,18-20H,9,11-15H2,1-3H3/t18-,19+,20-/m0/s1. The molecule has 0 amide bonds. The molecule has 3 rings (SSSR count). The van der Waals surface area contributed by atoms with Crippen molar-refractivity contribution in [1.82, 2.24) is 0 Å². The molecular weight excluding hydrogens is 360 g/mol. The normalized spacial score (nSPS) is 26.2. The van der Waals surface area contributed by atoms with E-state index in [2.05, 4.69) is 0 Å². The lowest BCUT2D eigenvalue weighted by molar-refractivity contribution is -0.266. The molecule has 3 atom stereocenters. The van der Waals surface area contributed by atoms with Crippen LogP contribution in [0, 0.1) is 5.92 Å². The van der Waals surface area contributed by atoms with Gasteiger partial charge < -0.3 is 23.7 Å². The van der Waals surface area contributed by atoms with Crippen LogP contribution in [0.4, 0.5) is 0 Å². The van der Waals surface area contributed by atoms with Crippen LogP contribution in [0.5, 0.6) is 0 Å². The molecular formula is C22H30O6. The molecule has 2 aliphatic rings. The summed E-state index contributed by atoms with van der Waals surface area (Å²) in [7, 11) is 1.63. The summed E-state index contributed by atoms with van der Waals surface area (Å²) in [5.74, 6) is -1.27. The summed E-state index contributed by atoms with van der Waals surface area (Å²) < 4.78 is 29.5. The Morgan fingerprint density at radius 1 is 1.21 bits per heavy atom. The smallest absolute Gasteiger partial charge is 0.338 e. The van der Waals surface area contributed by atoms with Gasteiger partial charge in [0.2, 0.25) is 0 Å². The third-order valence-corrected chi connectivity index (χ3v) is 5.33. The van der Waals surface area contributed by atoms with E-state index in [0.29, 0.717) is 44.8 Å². The Kier molecular flexibility index (Phi) is 7.24. The highest BCUT2D eigenvalue weighted by Gasteiger charge is 2.54. The van der Waals surface area contributed by atoms with Gasteiger partial charge in [-0.15, -0.1) is 0 Å². The number of allylic oxidation sites excluding steroid dienone is 1. The predicted molar refractivity (Wildman–Crippen MR) is 104 cm³/mol. The lowest BCUT2D eigenvalue weighted by atomic mass is 9.79. The maximum absolute atomic E-state index is 12.5. The van der Waals surface area contributed by atoms with Crippen molar-refractivity contribution >= 4 is 5.97 Å². The van der Waals surface area contributed by atoms with Gasteiger partial charge in [-0.2, -0.15) is 0 Å². The fourth-order valence-electron chi connectivity index (χ4n) is 3.90. The Labute approximate surface area is 166 Å². The first-order chi connectivity index (χ1) is 13.6. The maximum Gasteiger partial charge on any atom is 0.338 e. The minimum atomic E-state index is -0.735. The van der Waals surface area contributed by atoms with E-state index in [9.17, 15) is 4.79 Å². The summed E-state index contributed by atoms with van der Waals surface area (Å²) in [5.41, 5.74) is 1.73. The zero-order valence-corrected chi connectivity index (χ0v) is 16.9. The fourth-order valence-corrected chi connectivity index (χ4v) is 3.90.